The molecular weight excluding hydrogens is 497 g/mol. The van der Waals surface area contributed by atoms with Gasteiger partial charge in [-0.15, -0.1) is 11.3 Å². The van der Waals surface area contributed by atoms with Gasteiger partial charge in [-0.05, 0) is 88.0 Å². The van der Waals surface area contributed by atoms with Gasteiger partial charge in [0.15, 0.2) is 0 Å². The molecule has 1 aliphatic rings. The predicted octanol–water partition coefficient (Wildman–Crippen LogP) is 11.3. The molecule has 0 N–H and O–H groups in total. The van der Waals surface area contributed by atoms with Crippen LogP contribution in [-0.2, 0) is 0 Å². The molecule has 0 nitrogen and oxygen atoms in total. The van der Waals surface area contributed by atoms with E-state index in [-0.39, 0.29) is 0 Å². The number of fused-ring (bicyclic) bond motifs is 5. The summed E-state index contributed by atoms with van der Waals surface area (Å²) >= 11 is 3.83. The van der Waals surface area contributed by atoms with Crippen molar-refractivity contribution in [3.05, 3.63) is 120 Å². The van der Waals surface area contributed by atoms with Crippen LogP contribution in [0.15, 0.2) is 119 Å². The van der Waals surface area contributed by atoms with Crippen molar-refractivity contribution in [2.75, 3.05) is 0 Å². The third-order valence-corrected chi connectivity index (χ3v) is 10.2. The summed E-state index contributed by atoms with van der Waals surface area (Å²) in [6.07, 6.45) is 0. The van der Waals surface area contributed by atoms with Crippen molar-refractivity contribution in [3.63, 3.8) is 0 Å². The summed E-state index contributed by atoms with van der Waals surface area (Å²) in [5.74, 6) is 0. The average Bonchev–Trinajstić information content (AvgIpc) is 3.29. The Labute approximate surface area is 230 Å². The molecule has 0 amide bonds. The standard InChI is InChI=1S/C36H24S2/c1-21-8-3-5-10-24(21)23-14-15-27-30-19-35-31(20-34(30)38-33(27)18-23)29-17-16-26(25-11-6-4-9-22(25)2)28-12-7-13-32(37-35)36(28)29/h3-20H,1-2H3. The van der Waals surface area contributed by atoms with Crippen molar-refractivity contribution in [3.8, 4) is 33.4 Å². The van der Waals surface area contributed by atoms with Crippen LogP contribution in [0.1, 0.15) is 11.1 Å². The largest absolute Gasteiger partial charge is 0.135 e. The molecule has 0 fully saturated rings. The zero-order valence-corrected chi connectivity index (χ0v) is 22.8. The van der Waals surface area contributed by atoms with Crippen molar-refractivity contribution in [1.82, 2.24) is 0 Å². The topological polar surface area (TPSA) is 0 Å². The fourth-order valence-electron chi connectivity index (χ4n) is 6.07. The molecule has 1 aromatic heterocycles. The highest BCUT2D eigenvalue weighted by atomic mass is 32.2. The van der Waals surface area contributed by atoms with E-state index in [1.807, 2.05) is 23.1 Å². The van der Waals surface area contributed by atoms with E-state index in [9.17, 15) is 0 Å². The minimum absolute atomic E-state index is 1.29. The molecule has 180 valence electrons. The van der Waals surface area contributed by atoms with Gasteiger partial charge in [0, 0.05) is 35.3 Å². The van der Waals surface area contributed by atoms with Crippen LogP contribution in [0.2, 0.25) is 0 Å². The molecule has 0 saturated carbocycles. The molecule has 38 heavy (non-hydrogen) atoms. The molecule has 6 aromatic carbocycles. The van der Waals surface area contributed by atoms with Gasteiger partial charge in [0.05, 0.1) is 0 Å². The zero-order valence-electron chi connectivity index (χ0n) is 21.2. The van der Waals surface area contributed by atoms with Crippen molar-refractivity contribution in [2.45, 2.75) is 23.6 Å². The maximum Gasteiger partial charge on any atom is 0.0362 e. The van der Waals surface area contributed by atoms with Gasteiger partial charge in [-0.1, -0.05) is 96.7 Å². The number of benzene rings is 6. The summed E-state index contributed by atoms with van der Waals surface area (Å²) in [5.41, 5.74) is 10.6. The Balaban J connectivity index is 1.34. The lowest BCUT2D eigenvalue weighted by molar-refractivity contribution is 1.42. The smallest absolute Gasteiger partial charge is 0.0362 e. The Hall–Kier alpha value is -3.85. The first kappa shape index (κ1) is 22.2. The molecule has 1 aliphatic heterocycles. The second-order valence-corrected chi connectivity index (χ2v) is 12.4. The first-order valence-electron chi connectivity index (χ1n) is 13.0. The van der Waals surface area contributed by atoms with E-state index in [4.69, 9.17) is 0 Å². The highest BCUT2D eigenvalue weighted by molar-refractivity contribution is 7.99. The fraction of sp³-hybridized carbons (Fsp3) is 0.0556. The van der Waals surface area contributed by atoms with E-state index < -0.39 is 0 Å². The molecule has 0 bridgehead atoms. The zero-order chi connectivity index (χ0) is 25.4. The van der Waals surface area contributed by atoms with Gasteiger partial charge in [0.1, 0.15) is 0 Å². The molecule has 2 heteroatoms. The molecule has 0 aliphatic carbocycles. The lowest BCUT2D eigenvalue weighted by Crippen LogP contribution is -1.95. The van der Waals surface area contributed by atoms with Gasteiger partial charge in [0.2, 0.25) is 0 Å². The minimum Gasteiger partial charge on any atom is -0.135 e. The first-order chi connectivity index (χ1) is 18.7. The van der Waals surface area contributed by atoms with Crippen LogP contribution < -0.4 is 0 Å². The molecule has 2 heterocycles. The van der Waals surface area contributed by atoms with E-state index in [1.165, 1.54) is 85.2 Å². The number of aryl methyl sites for hydroxylation is 2. The van der Waals surface area contributed by atoms with Crippen molar-refractivity contribution in [2.24, 2.45) is 0 Å². The average molecular weight is 521 g/mol. The van der Waals surface area contributed by atoms with Crippen LogP contribution >= 0.6 is 23.1 Å². The summed E-state index contributed by atoms with van der Waals surface area (Å²) in [4.78, 5) is 2.70. The second kappa shape index (κ2) is 8.33. The van der Waals surface area contributed by atoms with Gasteiger partial charge in [-0.3, -0.25) is 0 Å². The van der Waals surface area contributed by atoms with Crippen molar-refractivity contribution in [1.29, 1.82) is 0 Å². The molecule has 8 rings (SSSR count). The summed E-state index contributed by atoms with van der Waals surface area (Å²) in [6.45, 7) is 4.40. The number of hydrogen-bond donors (Lipinski definition) is 0. The summed E-state index contributed by atoms with van der Waals surface area (Å²) in [6, 6.07) is 40.7. The first-order valence-corrected chi connectivity index (χ1v) is 14.7. The predicted molar refractivity (Wildman–Crippen MR) is 167 cm³/mol. The minimum atomic E-state index is 1.29. The van der Waals surface area contributed by atoms with E-state index in [0.29, 0.717) is 0 Å². The normalized spacial score (nSPS) is 12.4. The number of hydrogen-bond acceptors (Lipinski definition) is 2. The highest BCUT2D eigenvalue weighted by Gasteiger charge is 2.23. The molecule has 0 spiro atoms. The monoisotopic (exact) mass is 520 g/mol. The SMILES string of the molecule is Cc1ccccc1-c1ccc2c(c1)sc1cc3c(cc12)Sc1cccc2c(-c4ccccc4C)ccc-3c12. The van der Waals surface area contributed by atoms with Gasteiger partial charge >= 0.3 is 0 Å². The Kier molecular flexibility index (Phi) is 4.86. The van der Waals surface area contributed by atoms with Crippen molar-refractivity contribution >= 4 is 54.0 Å². The van der Waals surface area contributed by atoms with Crippen molar-refractivity contribution < 1.29 is 0 Å². The number of thiophene rings is 1. The lowest BCUT2D eigenvalue weighted by atomic mass is 9.90. The summed E-state index contributed by atoms with van der Waals surface area (Å²) in [7, 11) is 0. The molecular formula is C36H24S2. The van der Waals surface area contributed by atoms with E-state index in [1.54, 1.807) is 0 Å². The van der Waals surface area contributed by atoms with E-state index in [0.717, 1.165) is 0 Å². The third kappa shape index (κ3) is 3.24. The molecule has 7 aromatic rings. The maximum atomic E-state index is 2.44. The van der Waals surface area contributed by atoms with Crippen LogP contribution in [0, 0.1) is 13.8 Å². The van der Waals surface area contributed by atoms with Gasteiger partial charge in [0.25, 0.3) is 0 Å². The van der Waals surface area contributed by atoms with E-state index >= 15 is 0 Å². The molecule has 0 saturated heterocycles. The van der Waals surface area contributed by atoms with Crippen LogP contribution in [0.5, 0.6) is 0 Å². The summed E-state index contributed by atoms with van der Waals surface area (Å²) < 4.78 is 2.71. The summed E-state index contributed by atoms with van der Waals surface area (Å²) in [5, 5.41) is 5.43. The fourth-order valence-corrected chi connectivity index (χ4v) is 8.40. The second-order valence-electron chi connectivity index (χ2n) is 10.2. The molecule has 0 radical (unpaired) electrons. The Morgan fingerprint density at radius 3 is 2.00 bits per heavy atom. The molecule has 0 unspecified atom stereocenters. The maximum absolute atomic E-state index is 2.44. The Morgan fingerprint density at radius 1 is 0.447 bits per heavy atom. The van der Waals surface area contributed by atoms with Gasteiger partial charge in [-0.2, -0.15) is 0 Å². The van der Waals surface area contributed by atoms with Crippen LogP contribution in [-0.4, -0.2) is 0 Å². The third-order valence-electron chi connectivity index (χ3n) is 7.98. The lowest BCUT2D eigenvalue weighted by Gasteiger charge is -2.22. The van der Waals surface area contributed by atoms with Crippen LogP contribution in [0.4, 0.5) is 0 Å². The molecule has 0 atom stereocenters. The van der Waals surface area contributed by atoms with Gasteiger partial charge in [-0.25, -0.2) is 0 Å². The van der Waals surface area contributed by atoms with Crippen LogP contribution in [0.3, 0.4) is 0 Å². The van der Waals surface area contributed by atoms with Gasteiger partial charge < -0.3 is 0 Å². The van der Waals surface area contributed by atoms with E-state index in [2.05, 4.69) is 123 Å². The Morgan fingerprint density at radius 2 is 1.18 bits per heavy atom. The Bertz CT molecular complexity index is 2080. The quantitative estimate of drug-likeness (QED) is 0.218. The number of rotatable bonds is 2. The van der Waals surface area contributed by atoms with Crippen LogP contribution in [0.25, 0.3) is 64.3 Å². The highest BCUT2D eigenvalue weighted by Crippen LogP contribution is 2.52.